The molecule has 2 atom stereocenters. The van der Waals surface area contributed by atoms with Crippen LogP contribution in [0.2, 0.25) is 0 Å². The molecule has 1 heterocycles. The SMILES string of the molecule is NCC1CCCC12CCCCN2Cc1ccccc1. The topological polar surface area (TPSA) is 29.3 Å². The highest BCUT2D eigenvalue weighted by Crippen LogP contribution is 2.46. The zero-order valence-electron chi connectivity index (χ0n) is 11.9. The van der Waals surface area contributed by atoms with Gasteiger partial charge in [-0.1, -0.05) is 43.2 Å². The summed E-state index contributed by atoms with van der Waals surface area (Å²) >= 11 is 0. The van der Waals surface area contributed by atoms with E-state index < -0.39 is 0 Å². The normalized spacial score (nSPS) is 31.9. The molecule has 0 aromatic heterocycles. The molecule has 1 aliphatic heterocycles. The van der Waals surface area contributed by atoms with Gasteiger partial charge in [0.05, 0.1) is 0 Å². The molecular weight excluding hydrogens is 232 g/mol. The van der Waals surface area contributed by atoms with Crippen LogP contribution >= 0.6 is 0 Å². The lowest BCUT2D eigenvalue weighted by Crippen LogP contribution is -2.55. The highest BCUT2D eigenvalue weighted by atomic mass is 15.2. The molecule has 1 saturated heterocycles. The molecule has 1 aromatic rings. The van der Waals surface area contributed by atoms with Crippen LogP contribution in [0.5, 0.6) is 0 Å². The van der Waals surface area contributed by atoms with E-state index in [4.69, 9.17) is 5.73 Å². The van der Waals surface area contributed by atoms with Gasteiger partial charge >= 0.3 is 0 Å². The summed E-state index contributed by atoms with van der Waals surface area (Å²) in [6.45, 7) is 3.23. The number of hydrogen-bond donors (Lipinski definition) is 1. The van der Waals surface area contributed by atoms with Gasteiger partial charge in [0.2, 0.25) is 0 Å². The van der Waals surface area contributed by atoms with E-state index in [1.165, 1.54) is 50.6 Å². The quantitative estimate of drug-likeness (QED) is 0.902. The number of likely N-dealkylation sites (tertiary alicyclic amines) is 1. The van der Waals surface area contributed by atoms with Crippen molar-refractivity contribution < 1.29 is 0 Å². The Bertz CT molecular complexity index is 403. The third-order valence-corrected chi connectivity index (χ3v) is 5.34. The molecule has 2 fully saturated rings. The molecule has 2 aliphatic rings. The van der Waals surface area contributed by atoms with Gasteiger partial charge in [-0.2, -0.15) is 0 Å². The Morgan fingerprint density at radius 3 is 2.68 bits per heavy atom. The van der Waals surface area contributed by atoms with Crippen LogP contribution in [0.3, 0.4) is 0 Å². The second-order valence-electron chi connectivity index (χ2n) is 6.29. The van der Waals surface area contributed by atoms with Gasteiger partial charge in [-0.15, -0.1) is 0 Å². The molecule has 2 N–H and O–H groups in total. The Morgan fingerprint density at radius 1 is 1.11 bits per heavy atom. The minimum absolute atomic E-state index is 0.419. The third-order valence-electron chi connectivity index (χ3n) is 5.34. The van der Waals surface area contributed by atoms with Gasteiger partial charge < -0.3 is 5.73 Å². The minimum Gasteiger partial charge on any atom is -0.330 e. The molecule has 19 heavy (non-hydrogen) atoms. The van der Waals surface area contributed by atoms with Crippen LogP contribution in [0.4, 0.5) is 0 Å². The number of nitrogens with two attached hydrogens (primary N) is 1. The van der Waals surface area contributed by atoms with Crippen molar-refractivity contribution in [3.63, 3.8) is 0 Å². The molecule has 2 heteroatoms. The van der Waals surface area contributed by atoms with Crippen LogP contribution in [-0.2, 0) is 6.54 Å². The first-order chi connectivity index (χ1) is 9.35. The molecule has 1 spiro atoms. The smallest absolute Gasteiger partial charge is 0.0253 e. The van der Waals surface area contributed by atoms with Crippen LogP contribution < -0.4 is 5.73 Å². The maximum atomic E-state index is 6.07. The van der Waals surface area contributed by atoms with Gasteiger partial charge in [0.1, 0.15) is 0 Å². The van der Waals surface area contributed by atoms with Gasteiger partial charge in [0.25, 0.3) is 0 Å². The molecule has 1 aliphatic carbocycles. The Kier molecular flexibility index (Phi) is 3.90. The summed E-state index contributed by atoms with van der Waals surface area (Å²) < 4.78 is 0. The molecule has 104 valence electrons. The van der Waals surface area contributed by atoms with E-state index in [9.17, 15) is 0 Å². The highest BCUT2D eigenvalue weighted by molar-refractivity contribution is 5.16. The summed E-state index contributed by atoms with van der Waals surface area (Å²) in [5, 5.41) is 0. The van der Waals surface area contributed by atoms with E-state index >= 15 is 0 Å². The van der Waals surface area contributed by atoms with Crippen LogP contribution in [0.15, 0.2) is 30.3 Å². The number of hydrogen-bond acceptors (Lipinski definition) is 2. The van der Waals surface area contributed by atoms with E-state index in [0.717, 1.165) is 19.0 Å². The number of rotatable bonds is 3. The average Bonchev–Trinajstić information content (AvgIpc) is 2.86. The first-order valence-electron chi connectivity index (χ1n) is 7.84. The molecule has 1 saturated carbocycles. The van der Waals surface area contributed by atoms with Crippen molar-refractivity contribution in [2.45, 2.75) is 50.6 Å². The number of benzene rings is 1. The van der Waals surface area contributed by atoms with Crippen LogP contribution in [0.1, 0.15) is 44.1 Å². The van der Waals surface area contributed by atoms with Crippen molar-refractivity contribution in [3.05, 3.63) is 35.9 Å². The lowest BCUT2D eigenvalue weighted by Gasteiger charge is -2.49. The van der Waals surface area contributed by atoms with Crippen molar-refractivity contribution in [3.8, 4) is 0 Å². The molecule has 3 rings (SSSR count). The first kappa shape index (κ1) is 13.1. The molecular formula is C17H26N2. The maximum Gasteiger partial charge on any atom is 0.0253 e. The third kappa shape index (κ3) is 2.44. The standard InChI is InChI=1S/C17H26N2/c18-13-16-9-6-11-17(16)10-4-5-12-19(17)14-15-7-2-1-3-8-15/h1-3,7-8,16H,4-6,9-14,18H2. The van der Waals surface area contributed by atoms with Crippen LogP contribution in [0.25, 0.3) is 0 Å². The van der Waals surface area contributed by atoms with Crippen molar-refractivity contribution in [2.75, 3.05) is 13.1 Å². The fraction of sp³-hybridized carbons (Fsp3) is 0.647. The summed E-state index contributed by atoms with van der Waals surface area (Å²) in [6.07, 6.45) is 8.17. The van der Waals surface area contributed by atoms with Crippen LogP contribution in [-0.4, -0.2) is 23.5 Å². The predicted octanol–water partition coefficient (Wildman–Crippen LogP) is 3.17. The summed E-state index contributed by atoms with van der Waals surface area (Å²) in [5.74, 6) is 0.719. The van der Waals surface area contributed by atoms with Crippen molar-refractivity contribution in [2.24, 2.45) is 11.7 Å². The van der Waals surface area contributed by atoms with Crippen molar-refractivity contribution >= 4 is 0 Å². The van der Waals surface area contributed by atoms with Crippen molar-refractivity contribution in [1.82, 2.24) is 4.90 Å². The van der Waals surface area contributed by atoms with E-state index in [2.05, 4.69) is 35.2 Å². The molecule has 0 bridgehead atoms. The monoisotopic (exact) mass is 258 g/mol. The van der Waals surface area contributed by atoms with Gasteiger partial charge in [-0.25, -0.2) is 0 Å². The second kappa shape index (κ2) is 5.64. The van der Waals surface area contributed by atoms with E-state index in [-0.39, 0.29) is 0 Å². The Balaban J connectivity index is 1.81. The summed E-state index contributed by atoms with van der Waals surface area (Å²) in [4.78, 5) is 2.76. The number of nitrogens with zero attached hydrogens (tertiary/aromatic N) is 1. The Morgan fingerprint density at radius 2 is 1.89 bits per heavy atom. The van der Waals surface area contributed by atoms with Gasteiger partial charge in [-0.3, -0.25) is 4.90 Å². The summed E-state index contributed by atoms with van der Waals surface area (Å²) in [6, 6.07) is 10.9. The first-order valence-corrected chi connectivity index (χ1v) is 7.84. The van der Waals surface area contributed by atoms with E-state index in [1.54, 1.807) is 0 Å². The molecule has 2 nitrogen and oxygen atoms in total. The predicted molar refractivity (Wildman–Crippen MR) is 79.8 cm³/mol. The molecule has 0 amide bonds. The lowest BCUT2D eigenvalue weighted by atomic mass is 9.78. The van der Waals surface area contributed by atoms with Gasteiger partial charge in [0.15, 0.2) is 0 Å². The summed E-state index contributed by atoms with van der Waals surface area (Å²) in [7, 11) is 0. The van der Waals surface area contributed by atoms with E-state index in [0.29, 0.717) is 5.54 Å². The number of piperidine rings is 1. The zero-order chi connectivity index (χ0) is 13.1. The Labute approximate surface area is 117 Å². The van der Waals surface area contributed by atoms with E-state index in [1.807, 2.05) is 0 Å². The van der Waals surface area contributed by atoms with Gasteiger partial charge in [0, 0.05) is 12.1 Å². The molecule has 0 radical (unpaired) electrons. The van der Waals surface area contributed by atoms with Crippen molar-refractivity contribution in [1.29, 1.82) is 0 Å². The Hall–Kier alpha value is -0.860. The maximum absolute atomic E-state index is 6.07. The average molecular weight is 258 g/mol. The fourth-order valence-corrected chi connectivity index (χ4v) is 4.36. The largest absolute Gasteiger partial charge is 0.330 e. The molecule has 1 aromatic carbocycles. The zero-order valence-corrected chi connectivity index (χ0v) is 11.9. The second-order valence-corrected chi connectivity index (χ2v) is 6.29. The highest BCUT2D eigenvalue weighted by Gasteiger charge is 2.47. The summed E-state index contributed by atoms with van der Waals surface area (Å²) in [5.41, 5.74) is 7.94. The van der Waals surface area contributed by atoms with Crippen LogP contribution in [0, 0.1) is 5.92 Å². The lowest BCUT2D eigenvalue weighted by molar-refractivity contribution is 0.00986. The van der Waals surface area contributed by atoms with Gasteiger partial charge in [-0.05, 0) is 50.3 Å². The fourth-order valence-electron chi connectivity index (χ4n) is 4.36. The minimum atomic E-state index is 0.419. The molecule has 2 unspecified atom stereocenters.